The minimum atomic E-state index is 0.762. The Balaban J connectivity index is 2.37. The highest BCUT2D eigenvalue weighted by Crippen LogP contribution is 2.33. The van der Waals surface area contributed by atoms with Gasteiger partial charge in [0.15, 0.2) is 0 Å². The van der Waals surface area contributed by atoms with Gasteiger partial charge in [-0.25, -0.2) is 9.98 Å². The highest BCUT2D eigenvalue weighted by molar-refractivity contribution is 7.15. The SMILES string of the molecule is Cc1ccc(-c2nc(N=CN(C)C)sc2C)cc1Cl. The van der Waals surface area contributed by atoms with Gasteiger partial charge in [0.2, 0.25) is 5.13 Å². The minimum Gasteiger partial charge on any atom is -0.369 e. The largest absolute Gasteiger partial charge is 0.369 e. The van der Waals surface area contributed by atoms with Crippen LogP contribution in [0.5, 0.6) is 0 Å². The Hall–Kier alpha value is -1.39. The van der Waals surface area contributed by atoms with E-state index in [0.29, 0.717) is 0 Å². The van der Waals surface area contributed by atoms with Crippen LogP contribution in [0.1, 0.15) is 10.4 Å². The standard InChI is InChI=1S/C14H16ClN3S/c1-9-5-6-11(7-12(9)15)13-10(2)19-14(17-13)16-8-18(3)4/h5-8H,1-4H3. The summed E-state index contributed by atoms with van der Waals surface area (Å²) in [6.45, 7) is 4.04. The van der Waals surface area contributed by atoms with E-state index in [1.54, 1.807) is 17.7 Å². The fourth-order valence-electron chi connectivity index (χ4n) is 1.61. The lowest BCUT2D eigenvalue weighted by Gasteiger charge is -2.02. The van der Waals surface area contributed by atoms with Gasteiger partial charge in [-0.05, 0) is 25.5 Å². The lowest BCUT2D eigenvalue weighted by molar-refractivity contribution is 0.643. The quantitative estimate of drug-likeness (QED) is 0.623. The van der Waals surface area contributed by atoms with Crippen LogP contribution >= 0.6 is 22.9 Å². The van der Waals surface area contributed by atoms with Crippen LogP contribution in [0.2, 0.25) is 5.02 Å². The molecule has 0 radical (unpaired) electrons. The molecule has 19 heavy (non-hydrogen) atoms. The topological polar surface area (TPSA) is 28.5 Å². The number of aromatic nitrogens is 1. The molecule has 1 aromatic heterocycles. The first-order valence-corrected chi connectivity index (χ1v) is 7.11. The molecule has 0 N–H and O–H groups in total. The highest BCUT2D eigenvalue weighted by atomic mass is 35.5. The third-order valence-corrected chi connectivity index (χ3v) is 3.92. The summed E-state index contributed by atoms with van der Waals surface area (Å²) in [7, 11) is 3.87. The van der Waals surface area contributed by atoms with Crippen molar-refractivity contribution in [2.45, 2.75) is 13.8 Å². The van der Waals surface area contributed by atoms with Gasteiger partial charge in [-0.1, -0.05) is 35.1 Å². The summed E-state index contributed by atoms with van der Waals surface area (Å²) in [4.78, 5) is 11.9. The van der Waals surface area contributed by atoms with E-state index in [1.165, 1.54) is 0 Å². The number of aryl methyl sites for hydroxylation is 2. The molecular weight excluding hydrogens is 278 g/mol. The monoisotopic (exact) mass is 293 g/mol. The zero-order valence-electron chi connectivity index (χ0n) is 11.4. The summed E-state index contributed by atoms with van der Waals surface area (Å²) in [6, 6.07) is 6.01. The van der Waals surface area contributed by atoms with Crippen LogP contribution in [0.4, 0.5) is 5.13 Å². The van der Waals surface area contributed by atoms with Crippen LogP contribution in [0.15, 0.2) is 23.2 Å². The van der Waals surface area contributed by atoms with E-state index in [-0.39, 0.29) is 0 Å². The van der Waals surface area contributed by atoms with E-state index in [1.807, 2.05) is 44.1 Å². The Bertz CT molecular complexity index is 617. The lowest BCUT2D eigenvalue weighted by atomic mass is 10.1. The molecule has 0 unspecified atom stereocenters. The number of aliphatic imine (C=N–C) groups is 1. The van der Waals surface area contributed by atoms with E-state index in [0.717, 1.165) is 31.9 Å². The van der Waals surface area contributed by atoms with Crippen LogP contribution in [0.25, 0.3) is 11.3 Å². The van der Waals surface area contributed by atoms with Crippen molar-refractivity contribution in [3.05, 3.63) is 33.7 Å². The molecule has 0 amide bonds. The van der Waals surface area contributed by atoms with E-state index in [2.05, 4.69) is 16.9 Å². The van der Waals surface area contributed by atoms with Crippen LogP contribution in [-0.4, -0.2) is 30.3 Å². The van der Waals surface area contributed by atoms with Crippen LogP contribution in [0.3, 0.4) is 0 Å². The molecule has 2 aromatic rings. The van der Waals surface area contributed by atoms with Crippen LogP contribution in [-0.2, 0) is 0 Å². The van der Waals surface area contributed by atoms with Gasteiger partial charge in [0, 0.05) is 29.6 Å². The molecule has 100 valence electrons. The Morgan fingerprint density at radius 2 is 2.05 bits per heavy atom. The first-order valence-electron chi connectivity index (χ1n) is 5.92. The molecule has 1 heterocycles. The van der Waals surface area contributed by atoms with Gasteiger partial charge in [-0.15, -0.1) is 0 Å². The summed E-state index contributed by atoms with van der Waals surface area (Å²) >= 11 is 7.75. The lowest BCUT2D eigenvalue weighted by Crippen LogP contribution is -2.06. The van der Waals surface area contributed by atoms with Crippen molar-refractivity contribution in [2.24, 2.45) is 4.99 Å². The Labute approximate surface area is 122 Å². The molecule has 0 aliphatic rings. The van der Waals surface area contributed by atoms with Crippen molar-refractivity contribution in [3.8, 4) is 11.3 Å². The van der Waals surface area contributed by atoms with Crippen molar-refractivity contribution in [3.63, 3.8) is 0 Å². The molecule has 0 fully saturated rings. The fraction of sp³-hybridized carbons (Fsp3) is 0.286. The first-order chi connectivity index (χ1) is 8.97. The van der Waals surface area contributed by atoms with E-state index >= 15 is 0 Å². The molecule has 2 rings (SSSR count). The van der Waals surface area contributed by atoms with Gasteiger partial charge in [0.1, 0.15) is 0 Å². The average molecular weight is 294 g/mol. The van der Waals surface area contributed by atoms with E-state index in [4.69, 9.17) is 11.6 Å². The van der Waals surface area contributed by atoms with Gasteiger partial charge in [-0.2, -0.15) is 0 Å². The molecule has 5 heteroatoms. The van der Waals surface area contributed by atoms with Crippen molar-refractivity contribution in [1.82, 2.24) is 9.88 Å². The van der Waals surface area contributed by atoms with Gasteiger partial charge in [0.05, 0.1) is 12.0 Å². The first kappa shape index (κ1) is 14.0. The third kappa shape index (κ3) is 3.33. The number of rotatable bonds is 3. The molecule has 0 atom stereocenters. The summed E-state index contributed by atoms with van der Waals surface area (Å²) in [5, 5.41) is 1.53. The van der Waals surface area contributed by atoms with Crippen molar-refractivity contribution >= 4 is 34.4 Å². The second-order valence-electron chi connectivity index (χ2n) is 4.57. The summed E-state index contributed by atoms with van der Waals surface area (Å²) in [5.74, 6) is 0. The fourth-order valence-corrected chi connectivity index (χ4v) is 2.56. The van der Waals surface area contributed by atoms with Crippen molar-refractivity contribution in [1.29, 1.82) is 0 Å². The molecule has 0 bridgehead atoms. The van der Waals surface area contributed by atoms with E-state index < -0.39 is 0 Å². The Morgan fingerprint density at radius 1 is 1.32 bits per heavy atom. The number of thiazole rings is 1. The second-order valence-corrected chi connectivity index (χ2v) is 6.16. The van der Waals surface area contributed by atoms with Gasteiger partial charge >= 0.3 is 0 Å². The van der Waals surface area contributed by atoms with Crippen molar-refractivity contribution < 1.29 is 0 Å². The molecule has 1 aromatic carbocycles. The summed E-state index contributed by atoms with van der Waals surface area (Å²) in [6.07, 6.45) is 1.75. The number of halogens is 1. The molecule has 0 spiro atoms. The smallest absolute Gasteiger partial charge is 0.211 e. The molecule has 0 saturated heterocycles. The molecule has 3 nitrogen and oxygen atoms in total. The summed E-state index contributed by atoms with van der Waals surface area (Å²) in [5.41, 5.74) is 3.07. The maximum Gasteiger partial charge on any atom is 0.211 e. The summed E-state index contributed by atoms with van der Waals surface area (Å²) < 4.78 is 0. The van der Waals surface area contributed by atoms with Crippen LogP contribution in [0, 0.1) is 13.8 Å². The highest BCUT2D eigenvalue weighted by Gasteiger charge is 2.10. The molecule has 0 saturated carbocycles. The van der Waals surface area contributed by atoms with Crippen LogP contribution < -0.4 is 0 Å². The maximum absolute atomic E-state index is 6.16. The molecular formula is C14H16ClN3S. The Morgan fingerprint density at radius 3 is 2.68 bits per heavy atom. The normalized spacial score (nSPS) is 11.2. The number of nitrogens with zero attached hydrogens (tertiary/aromatic N) is 3. The zero-order valence-corrected chi connectivity index (χ0v) is 13.0. The second kappa shape index (κ2) is 5.72. The number of hydrogen-bond donors (Lipinski definition) is 0. The zero-order chi connectivity index (χ0) is 14.0. The third-order valence-electron chi connectivity index (χ3n) is 2.63. The molecule has 0 aliphatic heterocycles. The Kier molecular flexibility index (Phi) is 4.22. The van der Waals surface area contributed by atoms with E-state index in [9.17, 15) is 0 Å². The maximum atomic E-state index is 6.16. The molecule has 0 aliphatic carbocycles. The van der Waals surface area contributed by atoms with Crippen molar-refractivity contribution in [2.75, 3.05) is 14.1 Å². The minimum absolute atomic E-state index is 0.762. The van der Waals surface area contributed by atoms with Gasteiger partial charge < -0.3 is 4.90 Å². The van der Waals surface area contributed by atoms with Gasteiger partial charge in [0.25, 0.3) is 0 Å². The number of benzene rings is 1. The predicted molar refractivity (Wildman–Crippen MR) is 83.9 cm³/mol. The number of hydrogen-bond acceptors (Lipinski definition) is 3. The average Bonchev–Trinajstić information content (AvgIpc) is 2.72. The van der Waals surface area contributed by atoms with Gasteiger partial charge in [-0.3, -0.25) is 0 Å². The predicted octanol–water partition coefficient (Wildman–Crippen LogP) is 4.30.